The van der Waals surface area contributed by atoms with Gasteiger partial charge in [-0.1, -0.05) is 6.92 Å². The SMILES string of the molecule is C[C@H]1CCN(C(=O)N2CCN(c3cnc(-c4cc(-c5cnn(C)c5)cn5ncc(C#N)c45)cn3)CC2)C1. The third-order valence-electron chi connectivity index (χ3n) is 7.25. The number of hydrogen-bond acceptors (Lipinski definition) is 7. The molecule has 4 aromatic rings. The molecule has 0 aliphatic carbocycles. The van der Waals surface area contributed by atoms with Crippen LogP contribution in [0, 0.1) is 17.2 Å². The molecule has 2 fully saturated rings. The van der Waals surface area contributed by atoms with E-state index in [1.165, 1.54) is 0 Å². The summed E-state index contributed by atoms with van der Waals surface area (Å²) in [6, 6.07) is 4.38. The lowest BCUT2D eigenvalue weighted by molar-refractivity contribution is 0.158. The van der Waals surface area contributed by atoms with Crippen LogP contribution in [-0.4, -0.2) is 84.5 Å². The van der Waals surface area contributed by atoms with Crippen molar-refractivity contribution in [1.29, 1.82) is 5.26 Å². The maximum Gasteiger partial charge on any atom is 0.320 e. The standard InChI is InChI=1S/C26H28N10O/c1-18-3-4-35(15-18)26(37)34-7-5-33(6-8-34)24-14-28-23(13-29-24)22-9-19(21-12-30-32(2)16-21)17-36-25(22)20(10-27)11-31-36/h9,11-14,16-18H,3-8,15H2,1-2H3/t18-/m0/s1. The molecule has 0 unspecified atom stereocenters. The fraction of sp³-hybridized carbons (Fsp3) is 0.385. The molecule has 2 aliphatic heterocycles. The monoisotopic (exact) mass is 496 g/mol. The number of carbonyl (C=O) groups is 1. The Morgan fingerprint density at radius 3 is 2.46 bits per heavy atom. The molecular formula is C26H28N10O. The van der Waals surface area contributed by atoms with Crippen LogP contribution >= 0.6 is 0 Å². The van der Waals surface area contributed by atoms with Crippen LogP contribution in [0.25, 0.3) is 27.9 Å². The Balaban J connectivity index is 1.23. The van der Waals surface area contributed by atoms with Gasteiger partial charge in [-0.3, -0.25) is 9.67 Å². The fourth-order valence-electron chi connectivity index (χ4n) is 5.19. The van der Waals surface area contributed by atoms with Crippen LogP contribution < -0.4 is 4.90 Å². The molecule has 2 aliphatic rings. The van der Waals surface area contributed by atoms with E-state index in [4.69, 9.17) is 9.97 Å². The van der Waals surface area contributed by atoms with Crippen molar-refractivity contribution in [3.8, 4) is 28.5 Å². The predicted molar refractivity (Wildman–Crippen MR) is 138 cm³/mol. The highest BCUT2D eigenvalue weighted by atomic mass is 16.2. The first-order chi connectivity index (χ1) is 18.0. The van der Waals surface area contributed by atoms with Crippen molar-refractivity contribution >= 4 is 17.4 Å². The number of aromatic nitrogens is 6. The van der Waals surface area contributed by atoms with Gasteiger partial charge >= 0.3 is 6.03 Å². The van der Waals surface area contributed by atoms with Crippen molar-refractivity contribution < 1.29 is 4.79 Å². The fourth-order valence-corrected chi connectivity index (χ4v) is 5.19. The van der Waals surface area contributed by atoms with Gasteiger partial charge in [0.15, 0.2) is 0 Å². The number of urea groups is 1. The first-order valence-corrected chi connectivity index (χ1v) is 12.5. The molecule has 6 heterocycles. The third kappa shape index (κ3) is 4.24. The summed E-state index contributed by atoms with van der Waals surface area (Å²) in [4.78, 5) is 28.3. The third-order valence-corrected chi connectivity index (χ3v) is 7.25. The summed E-state index contributed by atoms with van der Waals surface area (Å²) in [6.07, 6.45) is 11.8. The number of aryl methyl sites for hydroxylation is 1. The molecule has 0 aromatic carbocycles. The zero-order valence-corrected chi connectivity index (χ0v) is 20.9. The van der Waals surface area contributed by atoms with Gasteiger partial charge in [0, 0.05) is 75.4 Å². The quantitative estimate of drug-likeness (QED) is 0.429. The van der Waals surface area contributed by atoms with Crippen molar-refractivity contribution in [1.82, 2.24) is 39.2 Å². The number of nitrogens with zero attached hydrogens (tertiary/aromatic N) is 10. The van der Waals surface area contributed by atoms with Crippen LogP contribution in [0.4, 0.5) is 10.6 Å². The summed E-state index contributed by atoms with van der Waals surface area (Å²) in [5.41, 5.74) is 4.48. The van der Waals surface area contributed by atoms with Gasteiger partial charge in [-0.15, -0.1) is 0 Å². The molecule has 6 rings (SSSR count). The highest BCUT2D eigenvalue weighted by molar-refractivity contribution is 5.86. The Morgan fingerprint density at radius 1 is 0.973 bits per heavy atom. The average molecular weight is 497 g/mol. The van der Waals surface area contributed by atoms with E-state index in [-0.39, 0.29) is 6.03 Å². The van der Waals surface area contributed by atoms with E-state index in [0.29, 0.717) is 48.9 Å². The molecule has 11 heteroatoms. The molecule has 0 saturated carbocycles. The Kier molecular flexibility index (Phi) is 5.71. The van der Waals surface area contributed by atoms with Gasteiger partial charge < -0.3 is 14.7 Å². The van der Waals surface area contributed by atoms with Crippen LogP contribution in [0.2, 0.25) is 0 Å². The second-order valence-electron chi connectivity index (χ2n) is 9.86. The van der Waals surface area contributed by atoms with Gasteiger partial charge in [0.05, 0.1) is 41.6 Å². The summed E-state index contributed by atoms with van der Waals surface area (Å²) in [5.74, 6) is 1.36. The molecule has 2 amide bonds. The summed E-state index contributed by atoms with van der Waals surface area (Å²) < 4.78 is 3.46. The first kappa shape index (κ1) is 23.0. The minimum Gasteiger partial charge on any atom is -0.352 e. The lowest BCUT2D eigenvalue weighted by atomic mass is 10.0. The summed E-state index contributed by atoms with van der Waals surface area (Å²) >= 11 is 0. The molecule has 37 heavy (non-hydrogen) atoms. The van der Waals surface area contributed by atoms with E-state index >= 15 is 0 Å². The van der Waals surface area contributed by atoms with Crippen LogP contribution in [0.15, 0.2) is 43.2 Å². The smallest absolute Gasteiger partial charge is 0.320 e. The second-order valence-corrected chi connectivity index (χ2v) is 9.86. The van der Waals surface area contributed by atoms with E-state index in [9.17, 15) is 10.1 Å². The van der Waals surface area contributed by atoms with Gasteiger partial charge in [-0.2, -0.15) is 15.5 Å². The van der Waals surface area contributed by atoms with Crippen LogP contribution in [0.1, 0.15) is 18.9 Å². The minimum absolute atomic E-state index is 0.150. The minimum atomic E-state index is 0.150. The molecule has 11 nitrogen and oxygen atoms in total. The maximum atomic E-state index is 12.8. The summed E-state index contributed by atoms with van der Waals surface area (Å²) in [7, 11) is 1.87. The molecule has 0 bridgehead atoms. The number of likely N-dealkylation sites (tertiary alicyclic amines) is 1. The molecule has 0 radical (unpaired) electrons. The first-order valence-electron chi connectivity index (χ1n) is 12.5. The van der Waals surface area contributed by atoms with E-state index in [1.54, 1.807) is 34.0 Å². The highest BCUT2D eigenvalue weighted by Gasteiger charge is 2.29. The number of nitriles is 1. The Hall–Kier alpha value is -4.46. The predicted octanol–water partition coefficient (Wildman–Crippen LogP) is 2.65. The molecule has 2 saturated heterocycles. The number of piperazine rings is 1. The Morgan fingerprint density at radius 2 is 1.81 bits per heavy atom. The average Bonchev–Trinajstić information content (AvgIpc) is 3.67. The molecule has 188 valence electrons. The molecular weight excluding hydrogens is 468 g/mol. The number of fused-ring (bicyclic) bond motifs is 1. The second kappa shape index (κ2) is 9.20. The molecule has 0 spiro atoms. The van der Waals surface area contributed by atoms with E-state index in [1.807, 2.05) is 35.3 Å². The van der Waals surface area contributed by atoms with E-state index in [2.05, 4.69) is 28.1 Å². The number of carbonyl (C=O) groups excluding carboxylic acids is 1. The van der Waals surface area contributed by atoms with Crippen molar-refractivity contribution in [3.63, 3.8) is 0 Å². The zero-order valence-electron chi connectivity index (χ0n) is 20.9. The summed E-state index contributed by atoms with van der Waals surface area (Å²) in [5, 5.41) is 18.3. The van der Waals surface area contributed by atoms with Crippen molar-refractivity contribution in [3.05, 3.63) is 48.8 Å². The Bertz CT molecular complexity index is 1490. The number of hydrogen-bond donors (Lipinski definition) is 0. The van der Waals surface area contributed by atoms with Crippen LogP contribution in [0.3, 0.4) is 0 Å². The molecule has 1 atom stereocenters. The van der Waals surface area contributed by atoms with Gasteiger partial charge in [-0.25, -0.2) is 14.3 Å². The van der Waals surface area contributed by atoms with E-state index < -0.39 is 0 Å². The van der Waals surface area contributed by atoms with Gasteiger partial charge in [0.2, 0.25) is 0 Å². The maximum absolute atomic E-state index is 12.8. The van der Waals surface area contributed by atoms with Crippen LogP contribution in [-0.2, 0) is 7.05 Å². The van der Waals surface area contributed by atoms with Gasteiger partial charge in [-0.05, 0) is 18.4 Å². The summed E-state index contributed by atoms with van der Waals surface area (Å²) in [6.45, 7) is 6.67. The number of anilines is 1. The lowest BCUT2D eigenvalue weighted by Gasteiger charge is -2.37. The number of rotatable bonds is 3. The number of amides is 2. The van der Waals surface area contributed by atoms with E-state index in [0.717, 1.165) is 42.0 Å². The highest BCUT2D eigenvalue weighted by Crippen LogP contribution is 2.31. The lowest BCUT2D eigenvalue weighted by Crippen LogP contribution is -2.52. The van der Waals surface area contributed by atoms with Crippen molar-refractivity contribution in [2.45, 2.75) is 13.3 Å². The van der Waals surface area contributed by atoms with Gasteiger partial charge in [0.1, 0.15) is 11.9 Å². The molecule has 0 N–H and O–H groups in total. The van der Waals surface area contributed by atoms with Crippen molar-refractivity contribution in [2.24, 2.45) is 13.0 Å². The van der Waals surface area contributed by atoms with Crippen LogP contribution in [0.5, 0.6) is 0 Å². The zero-order chi connectivity index (χ0) is 25.5. The topological polar surface area (TPSA) is 111 Å². The molecule has 4 aromatic heterocycles. The Labute approximate surface area is 214 Å². The van der Waals surface area contributed by atoms with Crippen molar-refractivity contribution in [2.75, 3.05) is 44.2 Å². The normalized spacial score (nSPS) is 18.0. The van der Waals surface area contributed by atoms with Gasteiger partial charge in [0.25, 0.3) is 0 Å². The number of pyridine rings is 1. The largest absolute Gasteiger partial charge is 0.352 e.